The zero-order valence-electron chi connectivity index (χ0n) is 10.9. The van der Waals surface area contributed by atoms with E-state index >= 15 is 0 Å². The first-order valence-corrected chi connectivity index (χ1v) is 6.41. The normalized spacial score (nSPS) is 11.2. The fraction of sp³-hybridized carbons (Fsp3) is 0.385. The predicted molar refractivity (Wildman–Crippen MR) is 72.5 cm³/mol. The van der Waals surface area contributed by atoms with Crippen molar-refractivity contribution < 1.29 is 19.1 Å². The molecule has 0 fully saturated rings. The first kappa shape index (κ1) is 15.6. The van der Waals surface area contributed by atoms with Gasteiger partial charge in [0.15, 0.2) is 0 Å². The summed E-state index contributed by atoms with van der Waals surface area (Å²) >= 11 is 3.00. The Bertz CT molecular complexity index is 511. The van der Waals surface area contributed by atoms with Crippen molar-refractivity contribution >= 4 is 27.8 Å². The van der Waals surface area contributed by atoms with Crippen LogP contribution in [-0.4, -0.2) is 34.0 Å². The van der Waals surface area contributed by atoms with E-state index in [4.69, 9.17) is 5.11 Å². The van der Waals surface area contributed by atoms with Gasteiger partial charge in [-0.25, -0.2) is 4.39 Å². The number of carboxylic acid groups (broad SMARTS) is 1. The summed E-state index contributed by atoms with van der Waals surface area (Å²) in [4.78, 5) is 24.4. The number of benzene rings is 1. The number of nitrogens with zero attached hydrogens (tertiary/aromatic N) is 1. The van der Waals surface area contributed by atoms with E-state index in [0.717, 1.165) is 0 Å². The van der Waals surface area contributed by atoms with Crippen LogP contribution in [0.1, 0.15) is 31.1 Å². The Hall–Kier alpha value is -1.43. The highest BCUT2D eigenvalue weighted by Gasteiger charge is 2.29. The Morgan fingerprint density at radius 3 is 2.37 bits per heavy atom. The predicted octanol–water partition coefficient (Wildman–Crippen LogP) is 2.91. The second-order valence-corrected chi connectivity index (χ2v) is 5.94. The Morgan fingerprint density at radius 1 is 1.37 bits per heavy atom. The highest BCUT2D eigenvalue weighted by molar-refractivity contribution is 9.10. The van der Waals surface area contributed by atoms with E-state index in [9.17, 15) is 14.0 Å². The molecule has 0 saturated heterocycles. The second-order valence-electron chi connectivity index (χ2n) is 5.08. The summed E-state index contributed by atoms with van der Waals surface area (Å²) in [5, 5.41) is 8.88. The summed E-state index contributed by atoms with van der Waals surface area (Å²) in [5.41, 5.74) is -0.402. The van der Waals surface area contributed by atoms with Crippen molar-refractivity contribution in [2.75, 3.05) is 6.54 Å². The molecule has 0 radical (unpaired) electrons. The Labute approximate surface area is 119 Å². The van der Waals surface area contributed by atoms with Gasteiger partial charge >= 0.3 is 5.97 Å². The molecular formula is C13H15BrFNO3. The smallest absolute Gasteiger partial charge is 0.323 e. The molecule has 0 aliphatic carbocycles. The lowest BCUT2D eigenvalue weighted by Crippen LogP contribution is -2.48. The van der Waals surface area contributed by atoms with Crippen molar-refractivity contribution in [3.8, 4) is 0 Å². The number of halogens is 2. The fourth-order valence-corrected chi connectivity index (χ4v) is 1.91. The molecule has 0 aliphatic heterocycles. The fourth-order valence-electron chi connectivity index (χ4n) is 1.53. The van der Waals surface area contributed by atoms with Gasteiger partial charge in [-0.1, -0.05) is 0 Å². The van der Waals surface area contributed by atoms with Gasteiger partial charge in [-0.15, -0.1) is 0 Å². The van der Waals surface area contributed by atoms with Crippen LogP contribution in [0.25, 0.3) is 0 Å². The number of rotatable bonds is 3. The summed E-state index contributed by atoms with van der Waals surface area (Å²) in [6.07, 6.45) is 0. The third kappa shape index (κ3) is 4.02. The molecule has 1 amide bonds. The highest BCUT2D eigenvalue weighted by atomic mass is 79.9. The largest absolute Gasteiger partial charge is 0.480 e. The maximum atomic E-state index is 13.1. The van der Waals surface area contributed by atoms with Gasteiger partial charge in [-0.05, 0) is 54.9 Å². The SMILES string of the molecule is CC(C)(C)N(CC(=O)O)C(=O)c1ccc(F)c(Br)c1. The van der Waals surface area contributed by atoms with Crippen molar-refractivity contribution in [2.24, 2.45) is 0 Å². The van der Waals surface area contributed by atoms with Gasteiger partial charge in [-0.3, -0.25) is 9.59 Å². The minimum Gasteiger partial charge on any atom is -0.480 e. The van der Waals surface area contributed by atoms with E-state index < -0.39 is 29.8 Å². The molecule has 0 heterocycles. The van der Waals surface area contributed by atoms with Gasteiger partial charge in [-0.2, -0.15) is 0 Å². The molecule has 0 unspecified atom stereocenters. The maximum absolute atomic E-state index is 13.1. The zero-order valence-corrected chi connectivity index (χ0v) is 12.5. The van der Waals surface area contributed by atoms with Crippen LogP contribution in [0.15, 0.2) is 22.7 Å². The van der Waals surface area contributed by atoms with Crippen LogP contribution in [0.4, 0.5) is 4.39 Å². The number of carboxylic acids is 1. The van der Waals surface area contributed by atoms with E-state index in [0.29, 0.717) is 0 Å². The summed E-state index contributed by atoms with van der Waals surface area (Å²) in [6.45, 7) is 4.82. The first-order valence-electron chi connectivity index (χ1n) is 5.61. The average Bonchev–Trinajstić information content (AvgIpc) is 2.27. The molecule has 1 aromatic carbocycles. The number of aliphatic carboxylic acids is 1. The number of carbonyl (C=O) groups is 2. The minimum absolute atomic E-state index is 0.169. The number of amides is 1. The van der Waals surface area contributed by atoms with Crippen molar-refractivity contribution in [3.63, 3.8) is 0 Å². The lowest BCUT2D eigenvalue weighted by atomic mass is 10.0. The third-order valence-corrected chi connectivity index (χ3v) is 3.12. The van der Waals surface area contributed by atoms with Gasteiger partial charge in [0.1, 0.15) is 12.4 Å². The number of hydrogen-bond donors (Lipinski definition) is 1. The lowest BCUT2D eigenvalue weighted by molar-refractivity contribution is -0.138. The van der Waals surface area contributed by atoms with E-state index in [2.05, 4.69) is 15.9 Å². The van der Waals surface area contributed by atoms with Gasteiger partial charge in [0.2, 0.25) is 0 Å². The number of carbonyl (C=O) groups excluding carboxylic acids is 1. The van der Waals surface area contributed by atoms with Gasteiger partial charge in [0.25, 0.3) is 5.91 Å². The Kier molecular flexibility index (Phi) is 4.68. The van der Waals surface area contributed by atoms with Gasteiger partial charge in [0, 0.05) is 11.1 Å². The lowest BCUT2D eigenvalue weighted by Gasteiger charge is -2.34. The summed E-state index contributed by atoms with van der Waals surface area (Å²) < 4.78 is 13.3. The van der Waals surface area contributed by atoms with Crippen molar-refractivity contribution in [1.29, 1.82) is 0 Å². The molecule has 0 aromatic heterocycles. The van der Waals surface area contributed by atoms with E-state index in [1.165, 1.54) is 23.1 Å². The highest BCUT2D eigenvalue weighted by Crippen LogP contribution is 2.21. The Balaban J connectivity index is 3.12. The molecule has 1 N–H and O–H groups in total. The minimum atomic E-state index is -1.09. The topological polar surface area (TPSA) is 57.6 Å². The molecule has 0 atom stereocenters. The van der Waals surface area contributed by atoms with Crippen LogP contribution in [0.3, 0.4) is 0 Å². The molecule has 19 heavy (non-hydrogen) atoms. The maximum Gasteiger partial charge on any atom is 0.323 e. The monoisotopic (exact) mass is 331 g/mol. The molecule has 6 heteroatoms. The van der Waals surface area contributed by atoms with Crippen LogP contribution < -0.4 is 0 Å². The summed E-state index contributed by atoms with van der Waals surface area (Å²) in [7, 11) is 0. The summed E-state index contributed by atoms with van der Waals surface area (Å²) in [6, 6.07) is 3.85. The van der Waals surface area contributed by atoms with Crippen LogP contribution in [-0.2, 0) is 4.79 Å². The standard InChI is InChI=1S/C13H15BrFNO3/c1-13(2,3)16(7-11(17)18)12(19)8-4-5-10(15)9(14)6-8/h4-6H,7H2,1-3H3,(H,17,18). The van der Waals surface area contributed by atoms with Crippen LogP contribution in [0, 0.1) is 5.82 Å². The van der Waals surface area contributed by atoms with Crippen molar-refractivity contribution in [1.82, 2.24) is 4.90 Å². The molecule has 0 bridgehead atoms. The molecule has 0 saturated carbocycles. The van der Waals surface area contributed by atoms with Crippen LogP contribution in [0.5, 0.6) is 0 Å². The molecule has 4 nitrogen and oxygen atoms in total. The van der Waals surface area contributed by atoms with Crippen molar-refractivity contribution in [2.45, 2.75) is 26.3 Å². The van der Waals surface area contributed by atoms with Crippen molar-refractivity contribution in [3.05, 3.63) is 34.1 Å². The zero-order chi connectivity index (χ0) is 14.8. The second kappa shape index (κ2) is 5.69. The average molecular weight is 332 g/mol. The molecule has 1 aromatic rings. The van der Waals surface area contributed by atoms with E-state index in [1.807, 2.05) is 0 Å². The van der Waals surface area contributed by atoms with Gasteiger partial charge < -0.3 is 10.0 Å². The van der Waals surface area contributed by atoms with E-state index in [-0.39, 0.29) is 10.0 Å². The number of hydrogen-bond acceptors (Lipinski definition) is 2. The molecule has 0 aliphatic rings. The van der Waals surface area contributed by atoms with E-state index in [1.54, 1.807) is 20.8 Å². The molecule has 0 spiro atoms. The van der Waals surface area contributed by atoms with Crippen LogP contribution in [0.2, 0.25) is 0 Å². The van der Waals surface area contributed by atoms with Crippen LogP contribution >= 0.6 is 15.9 Å². The first-order chi connectivity index (χ1) is 8.62. The molecule has 104 valence electrons. The quantitative estimate of drug-likeness (QED) is 0.926. The summed E-state index contributed by atoms with van der Waals surface area (Å²) in [5.74, 6) is -2.02. The Morgan fingerprint density at radius 2 is 1.95 bits per heavy atom. The molecular weight excluding hydrogens is 317 g/mol. The third-order valence-electron chi connectivity index (χ3n) is 2.51. The molecule has 1 rings (SSSR count). The van der Waals surface area contributed by atoms with Gasteiger partial charge in [0.05, 0.1) is 4.47 Å².